The summed E-state index contributed by atoms with van der Waals surface area (Å²) in [6.07, 6.45) is 3.35. The Morgan fingerprint density at radius 2 is 1.88 bits per heavy atom. The molecule has 1 amide bonds. The molecular weight excluding hydrogens is 414 g/mol. The first kappa shape index (κ1) is 21.4. The molecule has 0 N–H and O–H groups in total. The molecule has 6 heteroatoms. The number of carbonyl (C=O) groups is 1. The third kappa shape index (κ3) is 3.45. The standard InChI is InChI=1S/C27H30N3O3/c1-26(2,3)20-11-10-18(16-23(20)32-5)25(31)30-14-12-27(13-15-30)21-17-28-29(4)24(21)19-8-6-7-9-22(19)33-27/h6-11,16-17H,5,12-15H2,1-4H3/q+1. The van der Waals surface area contributed by atoms with E-state index in [0.29, 0.717) is 37.2 Å². The molecule has 33 heavy (non-hydrogen) atoms. The largest absolute Gasteiger partial charge is 0.482 e. The molecule has 0 aliphatic carbocycles. The number of amides is 1. The monoisotopic (exact) mass is 444 g/mol. The first-order chi connectivity index (χ1) is 15.7. The van der Waals surface area contributed by atoms with Crippen LogP contribution in [0.4, 0.5) is 0 Å². The number of para-hydroxylation sites is 1. The van der Waals surface area contributed by atoms with Gasteiger partial charge in [0.25, 0.3) is 12.7 Å². The van der Waals surface area contributed by atoms with Crippen LogP contribution in [-0.2, 0) is 22.5 Å². The fourth-order valence-corrected chi connectivity index (χ4v) is 5.13. The number of piperidine rings is 1. The van der Waals surface area contributed by atoms with E-state index >= 15 is 0 Å². The lowest BCUT2D eigenvalue weighted by Gasteiger charge is -2.44. The van der Waals surface area contributed by atoms with Gasteiger partial charge in [0.2, 0.25) is 0 Å². The molecule has 0 atom stereocenters. The Labute approximate surface area is 194 Å². The van der Waals surface area contributed by atoms with Gasteiger partial charge in [0.1, 0.15) is 11.4 Å². The fourth-order valence-electron chi connectivity index (χ4n) is 5.13. The van der Waals surface area contributed by atoms with Crippen molar-refractivity contribution in [2.75, 3.05) is 13.1 Å². The number of ether oxygens (including phenoxy) is 1. The Morgan fingerprint density at radius 3 is 2.58 bits per heavy atom. The first-order valence-electron chi connectivity index (χ1n) is 11.4. The fraction of sp³-hybridized carbons (Fsp3) is 0.370. The van der Waals surface area contributed by atoms with Crippen LogP contribution in [0.1, 0.15) is 55.1 Å². The summed E-state index contributed by atoms with van der Waals surface area (Å²) in [7, 11) is 1.97. The number of aryl methyl sites for hydroxylation is 1. The van der Waals surface area contributed by atoms with Gasteiger partial charge in [-0.05, 0) is 29.7 Å². The Kier molecular flexibility index (Phi) is 4.92. The van der Waals surface area contributed by atoms with E-state index in [9.17, 15) is 4.79 Å². The predicted molar refractivity (Wildman–Crippen MR) is 128 cm³/mol. The molecule has 3 aromatic rings. The van der Waals surface area contributed by atoms with E-state index in [-0.39, 0.29) is 11.3 Å². The zero-order chi connectivity index (χ0) is 23.4. The van der Waals surface area contributed by atoms with Crippen LogP contribution >= 0.6 is 0 Å². The van der Waals surface area contributed by atoms with Crippen LogP contribution in [-0.4, -0.2) is 40.5 Å². The van der Waals surface area contributed by atoms with Gasteiger partial charge in [-0.2, -0.15) is 5.10 Å². The molecule has 0 radical (unpaired) electrons. The van der Waals surface area contributed by atoms with Crippen LogP contribution in [0.5, 0.6) is 11.5 Å². The summed E-state index contributed by atoms with van der Waals surface area (Å²) in [5.41, 5.74) is 4.37. The maximum absolute atomic E-state index is 13.3. The highest BCUT2D eigenvalue weighted by molar-refractivity contribution is 5.95. The van der Waals surface area contributed by atoms with Crippen molar-refractivity contribution in [3.8, 4) is 22.8 Å². The quantitative estimate of drug-likeness (QED) is 0.524. The van der Waals surface area contributed by atoms with Gasteiger partial charge in [-0.3, -0.25) is 9.48 Å². The highest BCUT2D eigenvalue weighted by Gasteiger charge is 2.46. The minimum Gasteiger partial charge on any atom is -0.482 e. The van der Waals surface area contributed by atoms with Crippen LogP contribution in [0.2, 0.25) is 0 Å². The second kappa shape index (κ2) is 7.58. The SMILES string of the molecule is C=[O+]c1cc(C(=O)N2CCC3(CC2)Oc2ccccc2-c2c3cnn2C)ccc1C(C)(C)C. The molecule has 1 spiro atoms. The van der Waals surface area contributed by atoms with E-state index in [1.54, 1.807) is 0 Å². The number of hydrogen-bond acceptors (Lipinski definition) is 3. The van der Waals surface area contributed by atoms with E-state index in [4.69, 9.17) is 9.16 Å². The van der Waals surface area contributed by atoms with Crippen LogP contribution in [0.15, 0.2) is 48.7 Å². The molecule has 1 saturated heterocycles. The molecule has 0 bridgehead atoms. The Morgan fingerprint density at radius 1 is 1.15 bits per heavy atom. The number of aromatic nitrogens is 2. The molecule has 0 saturated carbocycles. The summed E-state index contributed by atoms with van der Waals surface area (Å²) < 4.78 is 13.9. The molecule has 2 aliphatic rings. The number of nitrogens with zero attached hydrogens (tertiary/aromatic N) is 3. The zero-order valence-corrected chi connectivity index (χ0v) is 19.7. The van der Waals surface area contributed by atoms with Crippen molar-refractivity contribution in [1.29, 1.82) is 0 Å². The summed E-state index contributed by atoms with van der Waals surface area (Å²) >= 11 is 0. The second-order valence-corrected chi connectivity index (χ2v) is 10.0. The number of rotatable bonds is 2. The molecule has 2 aromatic carbocycles. The average Bonchev–Trinajstić information content (AvgIpc) is 3.21. The highest BCUT2D eigenvalue weighted by atomic mass is 16.5. The molecule has 3 heterocycles. The second-order valence-electron chi connectivity index (χ2n) is 10.0. The van der Waals surface area contributed by atoms with Gasteiger partial charge in [0.05, 0.1) is 23.5 Å². The van der Waals surface area contributed by atoms with Gasteiger partial charge >= 0.3 is 5.75 Å². The van der Waals surface area contributed by atoms with Crippen molar-refractivity contribution >= 4 is 12.7 Å². The molecule has 1 aromatic heterocycles. The van der Waals surface area contributed by atoms with Gasteiger partial charge in [0.15, 0.2) is 0 Å². The molecule has 0 unspecified atom stereocenters. The molecule has 170 valence electrons. The van der Waals surface area contributed by atoms with Gasteiger partial charge in [-0.15, -0.1) is 0 Å². The lowest BCUT2D eigenvalue weighted by atomic mass is 9.81. The molecule has 1 fully saturated rings. The minimum absolute atomic E-state index is 0.00577. The number of fused-ring (bicyclic) bond motifs is 4. The van der Waals surface area contributed by atoms with Gasteiger partial charge in [0, 0.05) is 49.7 Å². The summed E-state index contributed by atoms with van der Waals surface area (Å²) in [4.78, 5) is 15.2. The molecule has 5 rings (SSSR count). The summed E-state index contributed by atoms with van der Waals surface area (Å²) in [6, 6.07) is 13.8. The topological polar surface area (TPSA) is 58.7 Å². The van der Waals surface area contributed by atoms with E-state index < -0.39 is 5.60 Å². The van der Waals surface area contributed by atoms with Crippen LogP contribution in [0.3, 0.4) is 0 Å². The van der Waals surface area contributed by atoms with Gasteiger partial charge in [-0.25, -0.2) is 4.42 Å². The van der Waals surface area contributed by atoms with Crippen LogP contribution in [0, 0.1) is 0 Å². The third-order valence-electron chi connectivity index (χ3n) is 6.93. The molecule has 6 nitrogen and oxygen atoms in total. The van der Waals surface area contributed by atoms with Crippen molar-refractivity contribution in [2.45, 2.75) is 44.6 Å². The number of hydrogen-bond donors (Lipinski definition) is 0. The Bertz CT molecular complexity index is 1240. The minimum atomic E-state index is -0.466. The van der Waals surface area contributed by atoms with Crippen molar-refractivity contribution in [3.63, 3.8) is 0 Å². The third-order valence-corrected chi connectivity index (χ3v) is 6.93. The summed E-state index contributed by atoms with van der Waals surface area (Å²) in [6.45, 7) is 11.2. The van der Waals surface area contributed by atoms with Crippen molar-refractivity contribution in [3.05, 3.63) is 65.4 Å². The maximum atomic E-state index is 13.3. The first-order valence-corrected chi connectivity index (χ1v) is 11.4. The number of carbonyl (C=O) groups excluding carboxylic acids is 2. The normalized spacial score (nSPS) is 16.7. The predicted octanol–water partition coefficient (Wildman–Crippen LogP) is 4.99. The van der Waals surface area contributed by atoms with E-state index in [0.717, 1.165) is 28.1 Å². The molecule has 2 aliphatic heterocycles. The average molecular weight is 445 g/mol. The molecular formula is C27H30N3O3+. The maximum Gasteiger partial charge on any atom is 0.356 e. The Balaban J connectivity index is 1.40. The van der Waals surface area contributed by atoms with Gasteiger partial charge < -0.3 is 9.64 Å². The van der Waals surface area contributed by atoms with E-state index in [1.807, 2.05) is 59.2 Å². The lowest BCUT2D eigenvalue weighted by molar-refractivity contribution is -0.356. The lowest BCUT2D eigenvalue weighted by Crippen LogP contribution is -2.49. The van der Waals surface area contributed by atoms with Crippen molar-refractivity contribution < 1.29 is 14.0 Å². The van der Waals surface area contributed by atoms with Crippen LogP contribution in [0.25, 0.3) is 11.3 Å². The summed E-state index contributed by atoms with van der Waals surface area (Å²) in [5.74, 6) is 1.53. The van der Waals surface area contributed by atoms with Crippen molar-refractivity contribution in [2.24, 2.45) is 7.05 Å². The summed E-state index contributed by atoms with van der Waals surface area (Å²) in [5, 5.41) is 4.53. The van der Waals surface area contributed by atoms with Gasteiger partial charge in [-0.1, -0.05) is 32.9 Å². The van der Waals surface area contributed by atoms with E-state index in [2.05, 4.69) is 38.7 Å². The highest BCUT2D eigenvalue weighted by Crippen LogP contribution is 2.49. The van der Waals surface area contributed by atoms with Crippen molar-refractivity contribution in [1.82, 2.24) is 14.7 Å². The zero-order valence-electron chi connectivity index (χ0n) is 19.7. The smallest absolute Gasteiger partial charge is 0.356 e. The Hall–Kier alpha value is -3.41. The van der Waals surface area contributed by atoms with Crippen LogP contribution < -0.4 is 4.74 Å². The number of benzene rings is 2. The number of likely N-dealkylation sites (tertiary alicyclic amines) is 1. The van der Waals surface area contributed by atoms with E-state index in [1.165, 1.54) is 0 Å².